The third-order valence-electron chi connectivity index (χ3n) is 5.60. The summed E-state index contributed by atoms with van der Waals surface area (Å²) in [4.78, 5) is 38.2. The third kappa shape index (κ3) is 6.17. The van der Waals surface area contributed by atoms with Crippen LogP contribution in [0.1, 0.15) is 50.8 Å². The van der Waals surface area contributed by atoms with Gasteiger partial charge in [0, 0.05) is 4.88 Å². The summed E-state index contributed by atoms with van der Waals surface area (Å²) in [5.41, 5.74) is 6.40. The lowest BCUT2D eigenvalue weighted by molar-refractivity contribution is -0.136. The van der Waals surface area contributed by atoms with Crippen LogP contribution in [0.15, 0.2) is 53.6 Å². The Hall–Kier alpha value is -3.98. The van der Waals surface area contributed by atoms with Crippen molar-refractivity contribution in [1.82, 2.24) is 5.43 Å². The zero-order valence-corrected chi connectivity index (χ0v) is 20.9. The van der Waals surface area contributed by atoms with E-state index in [-0.39, 0.29) is 6.61 Å². The fourth-order valence-corrected chi connectivity index (χ4v) is 5.10. The van der Waals surface area contributed by atoms with Gasteiger partial charge in [-0.2, -0.15) is 5.10 Å². The number of ether oxygens (including phenoxy) is 2. The molecule has 8 nitrogen and oxygen atoms in total. The largest absolute Gasteiger partial charge is 0.489 e. The number of fused-ring (bicyclic) bond motifs is 1. The highest BCUT2D eigenvalue weighted by atomic mass is 32.1. The second kappa shape index (κ2) is 11.6. The summed E-state index contributed by atoms with van der Waals surface area (Å²) >= 11 is 1.31. The number of thiophene rings is 1. The average Bonchev–Trinajstić information content (AvgIpc) is 3.45. The highest BCUT2D eigenvalue weighted by Crippen LogP contribution is 2.39. The van der Waals surface area contributed by atoms with Crippen LogP contribution in [0, 0.1) is 6.92 Å². The molecule has 0 aliphatic heterocycles. The molecular formula is C27H27N3O5S. The Labute approximate surface area is 213 Å². The van der Waals surface area contributed by atoms with Crippen LogP contribution < -0.4 is 15.5 Å². The summed E-state index contributed by atoms with van der Waals surface area (Å²) < 4.78 is 11.0. The van der Waals surface area contributed by atoms with Gasteiger partial charge in [-0.15, -0.1) is 11.3 Å². The van der Waals surface area contributed by atoms with E-state index < -0.39 is 17.8 Å². The highest BCUT2D eigenvalue weighted by Gasteiger charge is 2.29. The molecule has 0 fully saturated rings. The van der Waals surface area contributed by atoms with E-state index in [1.807, 2.05) is 43.3 Å². The van der Waals surface area contributed by atoms with E-state index in [1.165, 1.54) is 23.1 Å². The second-order valence-corrected chi connectivity index (χ2v) is 9.39. The van der Waals surface area contributed by atoms with Gasteiger partial charge in [0.25, 0.3) is 0 Å². The van der Waals surface area contributed by atoms with Crippen LogP contribution in [0.3, 0.4) is 0 Å². The highest BCUT2D eigenvalue weighted by molar-refractivity contribution is 7.17. The van der Waals surface area contributed by atoms with E-state index in [0.717, 1.165) is 35.3 Å². The molecule has 0 radical (unpaired) electrons. The van der Waals surface area contributed by atoms with E-state index in [4.69, 9.17) is 9.47 Å². The molecule has 0 spiro atoms. The monoisotopic (exact) mass is 505 g/mol. The minimum absolute atomic E-state index is 0.226. The van der Waals surface area contributed by atoms with Crippen LogP contribution in [0.5, 0.6) is 5.75 Å². The second-order valence-electron chi connectivity index (χ2n) is 8.28. The molecule has 4 rings (SSSR count). The summed E-state index contributed by atoms with van der Waals surface area (Å²) in [6, 6.07) is 15.3. The molecule has 186 valence electrons. The van der Waals surface area contributed by atoms with Gasteiger partial charge < -0.3 is 14.8 Å². The van der Waals surface area contributed by atoms with Gasteiger partial charge in [-0.3, -0.25) is 9.59 Å². The third-order valence-corrected chi connectivity index (χ3v) is 6.81. The Balaban J connectivity index is 1.33. The zero-order valence-electron chi connectivity index (χ0n) is 20.1. The van der Waals surface area contributed by atoms with Crippen molar-refractivity contribution in [3.8, 4) is 5.75 Å². The van der Waals surface area contributed by atoms with Gasteiger partial charge in [0.15, 0.2) is 0 Å². The molecule has 0 bridgehead atoms. The lowest BCUT2D eigenvalue weighted by Crippen LogP contribution is -2.32. The van der Waals surface area contributed by atoms with Gasteiger partial charge in [0.05, 0.1) is 18.4 Å². The molecular weight excluding hydrogens is 478 g/mol. The lowest BCUT2D eigenvalue weighted by Gasteiger charge is -2.08. The minimum Gasteiger partial charge on any atom is -0.489 e. The molecule has 0 atom stereocenters. The smallest absolute Gasteiger partial charge is 0.341 e. The summed E-state index contributed by atoms with van der Waals surface area (Å²) in [7, 11) is 0. The van der Waals surface area contributed by atoms with E-state index in [1.54, 1.807) is 19.1 Å². The van der Waals surface area contributed by atoms with Crippen LogP contribution in [-0.2, 0) is 33.8 Å². The van der Waals surface area contributed by atoms with Crippen LogP contribution in [-0.4, -0.2) is 30.6 Å². The Kier molecular flexibility index (Phi) is 8.12. The SMILES string of the molecule is CCOC(=O)c1c(NC(=O)C(=O)N/N=C/c2cccc(OCc3ccc(C)cc3)c2)sc2c1CCC2. The summed E-state index contributed by atoms with van der Waals surface area (Å²) in [6.45, 7) is 4.41. The van der Waals surface area contributed by atoms with Crippen molar-refractivity contribution in [2.45, 2.75) is 39.7 Å². The number of hydrogen-bond donors (Lipinski definition) is 2. The fraction of sp³-hybridized carbons (Fsp3) is 0.259. The number of anilines is 1. The standard InChI is InChI=1S/C27H27N3O5S/c1-3-34-27(33)23-21-8-5-9-22(21)36-26(23)29-24(31)25(32)30-28-15-19-6-4-7-20(14-19)35-16-18-12-10-17(2)11-13-18/h4,6-7,10-15H,3,5,8-9,16H2,1-2H3,(H,29,31)(H,30,32)/b28-15+. The molecule has 3 aromatic rings. The molecule has 2 aromatic carbocycles. The molecule has 1 aliphatic rings. The molecule has 0 saturated carbocycles. The van der Waals surface area contributed by atoms with Crippen molar-refractivity contribution in [2.24, 2.45) is 5.10 Å². The number of benzene rings is 2. The van der Waals surface area contributed by atoms with Crippen molar-refractivity contribution in [3.05, 3.63) is 81.2 Å². The van der Waals surface area contributed by atoms with Gasteiger partial charge in [0.2, 0.25) is 0 Å². The molecule has 36 heavy (non-hydrogen) atoms. The summed E-state index contributed by atoms with van der Waals surface area (Å²) in [5, 5.41) is 6.76. The first kappa shape index (κ1) is 25.1. The molecule has 0 saturated heterocycles. The van der Waals surface area contributed by atoms with E-state index in [2.05, 4.69) is 15.8 Å². The molecule has 2 N–H and O–H groups in total. The first-order chi connectivity index (χ1) is 17.4. The van der Waals surface area contributed by atoms with Crippen molar-refractivity contribution in [1.29, 1.82) is 0 Å². The Morgan fingerprint density at radius 3 is 2.67 bits per heavy atom. The topological polar surface area (TPSA) is 106 Å². The van der Waals surface area contributed by atoms with Gasteiger partial charge in [-0.25, -0.2) is 10.2 Å². The number of carbonyl (C=O) groups is 3. The van der Waals surface area contributed by atoms with Crippen LogP contribution in [0.2, 0.25) is 0 Å². The van der Waals surface area contributed by atoms with Crippen LogP contribution in [0.25, 0.3) is 0 Å². The lowest BCUT2D eigenvalue weighted by atomic mass is 10.1. The van der Waals surface area contributed by atoms with Crippen molar-refractivity contribution < 1.29 is 23.9 Å². The van der Waals surface area contributed by atoms with Crippen molar-refractivity contribution in [2.75, 3.05) is 11.9 Å². The fourth-order valence-electron chi connectivity index (χ4n) is 3.82. The number of hydrazone groups is 1. The number of esters is 1. The Morgan fingerprint density at radius 2 is 1.89 bits per heavy atom. The summed E-state index contributed by atoms with van der Waals surface area (Å²) in [6.07, 6.45) is 3.97. The average molecular weight is 506 g/mol. The van der Waals surface area contributed by atoms with E-state index in [9.17, 15) is 14.4 Å². The molecule has 2 amide bonds. The van der Waals surface area contributed by atoms with Crippen LogP contribution in [0.4, 0.5) is 5.00 Å². The molecule has 0 unspecified atom stereocenters. The number of nitrogens with zero attached hydrogens (tertiary/aromatic N) is 1. The molecule has 1 heterocycles. The predicted octanol–water partition coefficient (Wildman–Crippen LogP) is 4.39. The van der Waals surface area contributed by atoms with Crippen LogP contribution >= 0.6 is 11.3 Å². The Morgan fingerprint density at radius 1 is 1.08 bits per heavy atom. The first-order valence-corrected chi connectivity index (χ1v) is 12.5. The maximum absolute atomic E-state index is 12.4. The normalized spacial score (nSPS) is 12.3. The number of amides is 2. The number of aryl methyl sites for hydroxylation is 2. The molecule has 1 aromatic heterocycles. The Bertz CT molecular complexity index is 1300. The van der Waals surface area contributed by atoms with Crippen molar-refractivity contribution >= 4 is 40.3 Å². The predicted molar refractivity (Wildman–Crippen MR) is 139 cm³/mol. The maximum Gasteiger partial charge on any atom is 0.341 e. The quantitative estimate of drug-likeness (QED) is 0.204. The number of carbonyl (C=O) groups excluding carboxylic acids is 3. The van der Waals surface area contributed by atoms with Gasteiger partial charge in [-0.05, 0) is 61.9 Å². The molecule has 9 heteroatoms. The van der Waals surface area contributed by atoms with Crippen molar-refractivity contribution in [3.63, 3.8) is 0 Å². The molecule has 1 aliphatic carbocycles. The minimum atomic E-state index is -0.943. The number of hydrogen-bond acceptors (Lipinski definition) is 7. The van der Waals surface area contributed by atoms with Gasteiger partial charge in [-0.1, -0.05) is 42.0 Å². The zero-order chi connectivity index (χ0) is 25.5. The van der Waals surface area contributed by atoms with Gasteiger partial charge >= 0.3 is 17.8 Å². The summed E-state index contributed by atoms with van der Waals surface area (Å²) in [5.74, 6) is -1.69. The van der Waals surface area contributed by atoms with E-state index in [0.29, 0.717) is 28.5 Å². The first-order valence-electron chi connectivity index (χ1n) is 11.7. The maximum atomic E-state index is 12.4. The number of nitrogens with one attached hydrogen (secondary N) is 2. The van der Waals surface area contributed by atoms with Gasteiger partial charge in [0.1, 0.15) is 17.4 Å². The number of rotatable bonds is 8. The van der Waals surface area contributed by atoms with E-state index >= 15 is 0 Å².